The highest BCUT2D eigenvalue weighted by atomic mass is 16.5. The molecule has 0 atom stereocenters. The average Bonchev–Trinajstić information content (AvgIpc) is 2.74. The number of rotatable bonds is 6. The molecule has 2 aromatic rings. The zero-order chi connectivity index (χ0) is 13.0. The molecular weight excluding hydrogens is 226 g/mol. The van der Waals surface area contributed by atoms with Crippen LogP contribution in [-0.4, -0.2) is 13.7 Å². The van der Waals surface area contributed by atoms with Crippen LogP contribution in [0.1, 0.15) is 31.6 Å². The van der Waals surface area contributed by atoms with Crippen LogP contribution in [0.5, 0.6) is 5.75 Å². The van der Waals surface area contributed by atoms with E-state index in [1.54, 1.807) is 7.11 Å². The van der Waals surface area contributed by atoms with Gasteiger partial charge in [-0.25, -0.2) is 0 Å². The summed E-state index contributed by atoms with van der Waals surface area (Å²) in [4.78, 5) is 0. The number of furan rings is 1. The monoisotopic (exact) mass is 247 g/mol. The van der Waals surface area contributed by atoms with E-state index < -0.39 is 0 Å². The molecule has 0 aliphatic heterocycles. The molecule has 0 saturated heterocycles. The molecule has 98 valence electrons. The molecular formula is C15H21NO2. The third kappa shape index (κ3) is 2.51. The Labute approximate surface area is 108 Å². The van der Waals surface area contributed by atoms with Crippen molar-refractivity contribution >= 4 is 11.0 Å². The van der Waals surface area contributed by atoms with Gasteiger partial charge in [0.15, 0.2) is 0 Å². The standard InChI is InChI=1S/C15H21NO2/c1-4-6-12-13-8-7-11(17-3)9-14(13)18-15(12)10-16-5-2/h7-9,16H,4-6,10H2,1-3H3. The fraction of sp³-hybridized carbons (Fsp3) is 0.467. The number of benzene rings is 1. The predicted octanol–water partition coefficient (Wildman–Crippen LogP) is 3.50. The lowest BCUT2D eigenvalue weighted by molar-refractivity contribution is 0.414. The molecule has 1 heterocycles. The maximum Gasteiger partial charge on any atom is 0.138 e. The van der Waals surface area contributed by atoms with Crippen molar-refractivity contribution in [1.29, 1.82) is 0 Å². The zero-order valence-corrected chi connectivity index (χ0v) is 11.4. The SMILES string of the molecule is CCCc1c(CNCC)oc2cc(OC)ccc12. The van der Waals surface area contributed by atoms with Gasteiger partial charge in [0.1, 0.15) is 17.1 Å². The summed E-state index contributed by atoms with van der Waals surface area (Å²) in [5.41, 5.74) is 2.25. The van der Waals surface area contributed by atoms with Gasteiger partial charge in [0.25, 0.3) is 0 Å². The predicted molar refractivity (Wildman–Crippen MR) is 74.1 cm³/mol. The Bertz CT molecular complexity index is 516. The molecule has 3 nitrogen and oxygen atoms in total. The second-order valence-electron chi connectivity index (χ2n) is 4.40. The van der Waals surface area contributed by atoms with Crippen molar-refractivity contribution in [3.8, 4) is 5.75 Å². The summed E-state index contributed by atoms with van der Waals surface area (Å²) in [6, 6.07) is 6.05. The Hall–Kier alpha value is -1.48. The van der Waals surface area contributed by atoms with Crippen LogP contribution in [0.4, 0.5) is 0 Å². The highest BCUT2D eigenvalue weighted by Crippen LogP contribution is 2.30. The van der Waals surface area contributed by atoms with Crippen LogP contribution in [0.3, 0.4) is 0 Å². The van der Waals surface area contributed by atoms with Gasteiger partial charge < -0.3 is 14.5 Å². The maximum atomic E-state index is 5.95. The Kier molecular flexibility index (Phi) is 4.26. The van der Waals surface area contributed by atoms with E-state index in [0.717, 1.165) is 43.0 Å². The number of hydrogen-bond donors (Lipinski definition) is 1. The van der Waals surface area contributed by atoms with Crippen molar-refractivity contribution in [1.82, 2.24) is 5.32 Å². The fourth-order valence-corrected chi connectivity index (χ4v) is 2.21. The van der Waals surface area contributed by atoms with Crippen molar-refractivity contribution in [2.24, 2.45) is 0 Å². The lowest BCUT2D eigenvalue weighted by Crippen LogP contribution is -2.12. The van der Waals surface area contributed by atoms with Crippen LogP contribution < -0.4 is 10.1 Å². The molecule has 0 radical (unpaired) electrons. The van der Waals surface area contributed by atoms with E-state index in [9.17, 15) is 0 Å². The van der Waals surface area contributed by atoms with Crippen LogP contribution in [-0.2, 0) is 13.0 Å². The summed E-state index contributed by atoms with van der Waals surface area (Å²) in [6.45, 7) is 6.04. The first kappa shape index (κ1) is 13.0. The molecule has 1 aromatic heterocycles. The summed E-state index contributed by atoms with van der Waals surface area (Å²) < 4.78 is 11.2. The molecule has 0 bridgehead atoms. The molecule has 0 spiro atoms. The van der Waals surface area contributed by atoms with E-state index in [-0.39, 0.29) is 0 Å². The minimum atomic E-state index is 0.794. The first-order chi connectivity index (χ1) is 8.80. The van der Waals surface area contributed by atoms with Crippen LogP contribution in [0.25, 0.3) is 11.0 Å². The highest BCUT2D eigenvalue weighted by Gasteiger charge is 2.13. The minimum Gasteiger partial charge on any atom is -0.497 e. The molecule has 0 amide bonds. The molecule has 0 saturated carbocycles. The second kappa shape index (κ2) is 5.91. The molecule has 2 rings (SSSR count). The van der Waals surface area contributed by atoms with Gasteiger partial charge >= 0.3 is 0 Å². The van der Waals surface area contributed by atoms with Gasteiger partial charge in [-0.15, -0.1) is 0 Å². The first-order valence-electron chi connectivity index (χ1n) is 6.59. The lowest BCUT2D eigenvalue weighted by atomic mass is 10.1. The van der Waals surface area contributed by atoms with Gasteiger partial charge in [0, 0.05) is 17.0 Å². The summed E-state index contributed by atoms with van der Waals surface area (Å²) in [5.74, 6) is 1.90. The first-order valence-corrected chi connectivity index (χ1v) is 6.59. The van der Waals surface area contributed by atoms with E-state index in [1.807, 2.05) is 12.1 Å². The Morgan fingerprint density at radius 1 is 1.28 bits per heavy atom. The van der Waals surface area contributed by atoms with Gasteiger partial charge in [-0.2, -0.15) is 0 Å². The quantitative estimate of drug-likeness (QED) is 0.848. The Morgan fingerprint density at radius 3 is 2.78 bits per heavy atom. The smallest absolute Gasteiger partial charge is 0.138 e. The summed E-state index contributed by atoms with van der Waals surface area (Å²) in [6.07, 6.45) is 2.18. The summed E-state index contributed by atoms with van der Waals surface area (Å²) in [7, 11) is 1.68. The topological polar surface area (TPSA) is 34.4 Å². The Morgan fingerprint density at radius 2 is 2.11 bits per heavy atom. The Balaban J connectivity index is 2.44. The van der Waals surface area contributed by atoms with Gasteiger partial charge in [-0.05, 0) is 25.1 Å². The fourth-order valence-electron chi connectivity index (χ4n) is 2.21. The number of aryl methyl sites for hydroxylation is 1. The number of fused-ring (bicyclic) bond motifs is 1. The average molecular weight is 247 g/mol. The third-order valence-electron chi connectivity index (χ3n) is 3.12. The van der Waals surface area contributed by atoms with E-state index >= 15 is 0 Å². The summed E-state index contributed by atoms with van der Waals surface area (Å²) in [5, 5.41) is 4.54. The second-order valence-corrected chi connectivity index (χ2v) is 4.40. The van der Waals surface area contributed by atoms with Crippen LogP contribution in [0, 0.1) is 0 Å². The van der Waals surface area contributed by atoms with Crippen molar-refractivity contribution in [2.75, 3.05) is 13.7 Å². The largest absolute Gasteiger partial charge is 0.497 e. The molecule has 0 unspecified atom stereocenters. The van der Waals surface area contributed by atoms with Gasteiger partial charge in [0.05, 0.1) is 13.7 Å². The molecule has 18 heavy (non-hydrogen) atoms. The molecule has 0 aliphatic carbocycles. The third-order valence-corrected chi connectivity index (χ3v) is 3.12. The minimum absolute atomic E-state index is 0.794. The van der Waals surface area contributed by atoms with Gasteiger partial charge in [-0.3, -0.25) is 0 Å². The van der Waals surface area contributed by atoms with Crippen LogP contribution >= 0.6 is 0 Å². The highest BCUT2D eigenvalue weighted by molar-refractivity contribution is 5.83. The normalized spacial score (nSPS) is 11.1. The van der Waals surface area contributed by atoms with Crippen molar-refractivity contribution < 1.29 is 9.15 Å². The maximum absolute atomic E-state index is 5.95. The molecule has 0 fully saturated rings. The number of methoxy groups -OCH3 is 1. The van der Waals surface area contributed by atoms with Crippen molar-refractivity contribution in [2.45, 2.75) is 33.2 Å². The molecule has 1 aromatic carbocycles. The van der Waals surface area contributed by atoms with Crippen molar-refractivity contribution in [3.05, 3.63) is 29.5 Å². The van der Waals surface area contributed by atoms with E-state index in [1.165, 1.54) is 10.9 Å². The number of ether oxygens (including phenoxy) is 1. The van der Waals surface area contributed by atoms with Crippen molar-refractivity contribution in [3.63, 3.8) is 0 Å². The summed E-state index contributed by atoms with van der Waals surface area (Å²) >= 11 is 0. The molecule has 3 heteroatoms. The van der Waals surface area contributed by atoms with E-state index in [2.05, 4.69) is 25.2 Å². The lowest BCUT2D eigenvalue weighted by Gasteiger charge is -2.02. The number of hydrogen-bond acceptors (Lipinski definition) is 3. The van der Waals surface area contributed by atoms with E-state index in [4.69, 9.17) is 9.15 Å². The van der Waals surface area contributed by atoms with E-state index in [0.29, 0.717) is 0 Å². The number of nitrogens with one attached hydrogen (secondary N) is 1. The van der Waals surface area contributed by atoms with Gasteiger partial charge in [-0.1, -0.05) is 20.3 Å². The molecule has 0 aliphatic rings. The van der Waals surface area contributed by atoms with Crippen LogP contribution in [0.15, 0.2) is 22.6 Å². The molecule has 1 N–H and O–H groups in total. The zero-order valence-electron chi connectivity index (χ0n) is 11.4. The van der Waals surface area contributed by atoms with Crippen LogP contribution in [0.2, 0.25) is 0 Å². The van der Waals surface area contributed by atoms with Gasteiger partial charge in [0.2, 0.25) is 0 Å².